The molecule has 0 aliphatic heterocycles. The van der Waals surface area contributed by atoms with Crippen molar-refractivity contribution in [2.75, 3.05) is 0 Å². The number of nitrogens with zero attached hydrogens (tertiary/aromatic N) is 4. The van der Waals surface area contributed by atoms with Gasteiger partial charge in [-0.05, 0) is 38.5 Å². The number of carbonyl (C=O) groups is 2. The summed E-state index contributed by atoms with van der Waals surface area (Å²) in [6.45, 7) is 5.98. The summed E-state index contributed by atoms with van der Waals surface area (Å²) in [7, 11) is 0. The fraction of sp³-hybridized carbons (Fsp3) is 0.250. The van der Waals surface area contributed by atoms with Gasteiger partial charge >= 0.3 is 0 Å². The Bertz CT molecular complexity index is 1440. The average Bonchev–Trinajstić information content (AvgIpc) is 3.19. The van der Waals surface area contributed by atoms with Crippen LogP contribution >= 0.6 is 11.8 Å². The van der Waals surface area contributed by atoms with Crippen LogP contribution in [0.4, 0.5) is 0 Å². The van der Waals surface area contributed by atoms with Gasteiger partial charge in [-0.2, -0.15) is 5.10 Å². The summed E-state index contributed by atoms with van der Waals surface area (Å²) in [5.41, 5.74) is 6.67. The second kappa shape index (κ2) is 10.5. The van der Waals surface area contributed by atoms with Gasteiger partial charge in [-0.25, -0.2) is 9.67 Å². The molecule has 3 heterocycles. The molecule has 4 aromatic rings. The van der Waals surface area contributed by atoms with E-state index in [-0.39, 0.29) is 11.3 Å². The first-order valence-electron chi connectivity index (χ1n) is 11.0. The lowest BCUT2D eigenvalue weighted by molar-refractivity contribution is 0.0841. The zero-order valence-electron chi connectivity index (χ0n) is 19.5. The van der Waals surface area contributed by atoms with Crippen LogP contribution in [0.1, 0.15) is 51.2 Å². The molecule has 0 fully saturated rings. The monoisotopic (exact) mass is 492 g/mol. The number of thioether (sulfide) groups is 1. The van der Waals surface area contributed by atoms with E-state index >= 15 is 0 Å². The summed E-state index contributed by atoms with van der Waals surface area (Å²) >= 11 is 1.37. The zero-order chi connectivity index (χ0) is 24.9. The molecule has 0 atom stereocenters. The molecule has 11 heteroatoms. The van der Waals surface area contributed by atoms with Crippen molar-refractivity contribution in [2.45, 2.75) is 44.5 Å². The van der Waals surface area contributed by atoms with E-state index in [0.717, 1.165) is 11.3 Å². The Morgan fingerprint density at radius 1 is 1.06 bits per heavy atom. The highest BCUT2D eigenvalue weighted by atomic mass is 32.2. The normalized spacial score (nSPS) is 10.9. The Labute approximate surface area is 205 Å². The number of carbonyl (C=O) groups excluding carboxylic acids is 2. The van der Waals surface area contributed by atoms with Crippen LogP contribution in [0, 0.1) is 13.8 Å². The number of aromatic nitrogens is 4. The van der Waals surface area contributed by atoms with Gasteiger partial charge < -0.3 is 4.52 Å². The number of fused-ring (bicyclic) bond motifs is 1. The van der Waals surface area contributed by atoms with Crippen LogP contribution in [0.2, 0.25) is 0 Å². The van der Waals surface area contributed by atoms with Crippen LogP contribution in [0.3, 0.4) is 0 Å². The predicted octanol–water partition coefficient (Wildman–Crippen LogP) is 3.17. The highest BCUT2D eigenvalue weighted by Gasteiger charge is 2.19. The third kappa shape index (κ3) is 5.09. The van der Waals surface area contributed by atoms with Crippen LogP contribution in [0.5, 0.6) is 0 Å². The first kappa shape index (κ1) is 24.1. The fourth-order valence-electron chi connectivity index (χ4n) is 3.53. The number of amides is 2. The minimum Gasteiger partial charge on any atom is -0.361 e. The molecule has 0 unspecified atom stereocenters. The molecule has 2 amide bonds. The molecule has 0 saturated carbocycles. The molecular weight excluding hydrogens is 468 g/mol. The molecule has 2 N–H and O–H groups in total. The lowest BCUT2D eigenvalue weighted by Gasteiger charge is -2.12. The second-order valence-electron chi connectivity index (χ2n) is 7.78. The number of hydrogen-bond acceptors (Lipinski definition) is 8. The largest absolute Gasteiger partial charge is 0.361 e. The first-order chi connectivity index (χ1) is 16.9. The van der Waals surface area contributed by atoms with Crippen molar-refractivity contribution < 1.29 is 14.1 Å². The topological polar surface area (TPSA) is 132 Å². The molecule has 180 valence electrons. The van der Waals surface area contributed by atoms with Crippen LogP contribution < -0.4 is 16.4 Å². The Kier molecular flexibility index (Phi) is 7.25. The number of hydrogen-bond donors (Lipinski definition) is 2. The number of aryl methyl sites for hydroxylation is 3. The molecule has 0 aliphatic rings. The smallest absolute Gasteiger partial charge is 0.290 e. The molecule has 0 aliphatic carbocycles. The third-order valence-electron chi connectivity index (χ3n) is 5.36. The Morgan fingerprint density at radius 3 is 2.51 bits per heavy atom. The van der Waals surface area contributed by atoms with E-state index < -0.39 is 11.8 Å². The van der Waals surface area contributed by atoms with Gasteiger partial charge in [-0.3, -0.25) is 25.2 Å². The molecule has 0 bridgehead atoms. The molecule has 0 radical (unpaired) electrons. The predicted molar refractivity (Wildman–Crippen MR) is 131 cm³/mol. The Balaban J connectivity index is 1.52. The van der Waals surface area contributed by atoms with Crippen molar-refractivity contribution in [1.29, 1.82) is 0 Å². The highest BCUT2D eigenvalue weighted by molar-refractivity contribution is 7.98. The van der Waals surface area contributed by atoms with Crippen molar-refractivity contribution in [2.24, 2.45) is 0 Å². The van der Waals surface area contributed by atoms with E-state index in [2.05, 4.69) is 26.1 Å². The van der Waals surface area contributed by atoms with Crippen molar-refractivity contribution in [3.8, 4) is 0 Å². The molecule has 35 heavy (non-hydrogen) atoms. The van der Waals surface area contributed by atoms with Crippen molar-refractivity contribution in [3.63, 3.8) is 0 Å². The molecule has 4 rings (SSSR count). The van der Waals surface area contributed by atoms with Crippen LogP contribution in [0.15, 0.2) is 56.9 Å². The second-order valence-corrected chi connectivity index (χ2v) is 8.74. The maximum absolute atomic E-state index is 13.0. The van der Waals surface area contributed by atoms with Gasteiger partial charge in [0.25, 0.3) is 17.4 Å². The molecule has 0 spiro atoms. The van der Waals surface area contributed by atoms with Crippen LogP contribution in [-0.4, -0.2) is 31.7 Å². The maximum Gasteiger partial charge on any atom is 0.290 e. The molecule has 10 nitrogen and oxygen atoms in total. The number of nitrogens with one attached hydrogen (secondary N) is 2. The van der Waals surface area contributed by atoms with E-state index in [1.165, 1.54) is 16.4 Å². The van der Waals surface area contributed by atoms with Gasteiger partial charge in [-0.1, -0.05) is 30.3 Å². The lowest BCUT2D eigenvalue weighted by atomic mass is 10.1. The van der Waals surface area contributed by atoms with E-state index in [1.54, 1.807) is 42.6 Å². The summed E-state index contributed by atoms with van der Waals surface area (Å²) in [4.78, 5) is 42.8. The van der Waals surface area contributed by atoms with Gasteiger partial charge in [0.15, 0.2) is 5.69 Å². The van der Waals surface area contributed by atoms with E-state index in [9.17, 15) is 14.4 Å². The number of pyridine rings is 1. The van der Waals surface area contributed by atoms with Crippen LogP contribution in [0.25, 0.3) is 10.8 Å². The molecule has 3 aromatic heterocycles. The van der Waals surface area contributed by atoms with Crippen LogP contribution in [-0.2, 0) is 12.3 Å². The maximum atomic E-state index is 13.0. The number of rotatable bonds is 7. The molecule has 0 saturated heterocycles. The lowest BCUT2D eigenvalue weighted by Crippen LogP contribution is -2.43. The summed E-state index contributed by atoms with van der Waals surface area (Å²) in [6, 6.07) is 10.0. The number of hydrazine groups is 1. The van der Waals surface area contributed by atoms with E-state index in [0.29, 0.717) is 45.8 Å². The van der Waals surface area contributed by atoms with Gasteiger partial charge in [-0.15, -0.1) is 11.8 Å². The standard InChI is InChI=1S/C24H24N6O4S/c1-4-12-30-24(33)17-9-6-5-8-16(17)20(28-30)22(32)27-26-21(31)18-10-7-11-25-23(18)35-13-19-14(2)29-34-15(19)3/h5-11H,4,12-13H2,1-3H3,(H,26,31)(H,27,32). The Hall–Kier alpha value is -3.99. The van der Waals surface area contributed by atoms with Gasteiger partial charge in [0.1, 0.15) is 10.8 Å². The van der Waals surface area contributed by atoms with Gasteiger partial charge in [0, 0.05) is 29.4 Å². The minimum absolute atomic E-state index is 0.0492. The average molecular weight is 493 g/mol. The number of benzene rings is 1. The summed E-state index contributed by atoms with van der Waals surface area (Å²) in [5, 5.41) is 9.48. The summed E-state index contributed by atoms with van der Waals surface area (Å²) in [6.07, 6.45) is 2.27. The highest BCUT2D eigenvalue weighted by Crippen LogP contribution is 2.27. The summed E-state index contributed by atoms with van der Waals surface area (Å²) in [5.74, 6) is 0.0835. The molecular formula is C24H24N6O4S. The zero-order valence-corrected chi connectivity index (χ0v) is 20.3. The van der Waals surface area contributed by atoms with Gasteiger partial charge in [0.2, 0.25) is 0 Å². The summed E-state index contributed by atoms with van der Waals surface area (Å²) < 4.78 is 6.46. The van der Waals surface area contributed by atoms with Crippen molar-refractivity contribution in [1.82, 2.24) is 30.8 Å². The minimum atomic E-state index is -0.631. The first-order valence-corrected chi connectivity index (χ1v) is 12.0. The van der Waals surface area contributed by atoms with Gasteiger partial charge in [0.05, 0.1) is 16.6 Å². The molecule has 1 aromatic carbocycles. The Morgan fingerprint density at radius 2 is 1.80 bits per heavy atom. The van der Waals surface area contributed by atoms with E-state index in [4.69, 9.17) is 4.52 Å². The third-order valence-corrected chi connectivity index (χ3v) is 6.39. The fourth-order valence-corrected chi connectivity index (χ4v) is 4.68. The van der Waals surface area contributed by atoms with Crippen molar-refractivity contribution >= 4 is 34.3 Å². The quantitative estimate of drug-likeness (QED) is 0.297. The van der Waals surface area contributed by atoms with Crippen molar-refractivity contribution in [3.05, 3.63) is 81.2 Å². The SMILES string of the molecule is CCCn1nc(C(=O)NNC(=O)c2cccnc2SCc2c(C)noc2C)c2ccccc2c1=O. The van der Waals surface area contributed by atoms with E-state index in [1.807, 2.05) is 20.8 Å².